The number of nitrogens with one attached hydrogen (secondary N) is 1. The summed E-state index contributed by atoms with van der Waals surface area (Å²) in [6.45, 7) is 2.28. The molecule has 1 N–H and O–H groups in total. The van der Waals surface area contributed by atoms with Crippen molar-refractivity contribution in [1.29, 1.82) is 0 Å². The van der Waals surface area contributed by atoms with E-state index in [0.717, 1.165) is 34.7 Å². The van der Waals surface area contributed by atoms with Crippen molar-refractivity contribution in [2.24, 2.45) is 10.2 Å². The summed E-state index contributed by atoms with van der Waals surface area (Å²) in [6, 6.07) is 14.2. The first kappa shape index (κ1) is 18.1. The van der Waals surface area contributed by atoms with Crippen molar-refractivity contribution in [3.05, 3.63) is 48.0 Å². The molecule has 0 saturated carbocycles. The van der Waals surface area contributed by atoms with Gasteiger partial charge in [-0.1, -0.05) is 30.3 Å². The molecule has 8 nitrogen and oxygen atoms in total. The van der Waals surface area contributed by atoms with Gasteiger partial charge in [-0.2, -0.15) is 10.2 Å². The summed E-state index contributed by atoms with van der Waals surface area (Å²) in [5.41, 5.74) is 6.09. The molecule has 2 aliphatic rings. The van der Waals surface area contributed by atoms with Gasteiger partial charge in [0.2, 0.25) is 6.79 Å². The first-order valence-corrected chi connectivity index (χ1v) is 9.09. The molecule has 2 aliphatic heterocycles. The van der Waals surface area contributed by atoms with Crippen LogP contribution in [0.25, 0.3) is 11.1 Å². The van der Waals surface area contributed by atoms with Gasteiger partial charge >= 0.3 is 0 Å². The van der Waals surface area contributed by atoms with E-state index in [0.29, 0.717) is 19.0 Å². The third-order valence-electron chi connectivity index (χ3n) is 4.37. The van der Waals surface area contributed by atoms with Crippen molar-refractivity contribution >= 4 is 12.1 Å². The van der Waals surface area contributed by atoms with Crippen molar-refractivity contribution in [1.82, 2.24) is 15.6 Å². The molecular weight excluding hydrogens is 358 g/mol. The summed E-state index contributed by atoms with van der Waals surface area (Å²) in [5, 5.41) is 10.1. The summed E-state index contributed by atoms with van der Waals surface area (Å²) in [6.07, 6.45) is 1.58. The highest BCUT2D eigenvalue weighted by Gasteiger charge is 2.14. The van der Waals surface area contributed by atoms with E-state index < -0.39 is 0 Å². The van der Waals surface area contributed by atoms with E-state index in [2.05, 4.69) is 32.8 Å². The number of rotatable bonds is 6. The average molecular weight is 381 g/mol. The molecule has 0 amide bonds. The van der Waals surface area contributed by atoms with Crippen LogP contribution in [0, 0.1) is 0 Å². The van der Waals surface area contributed by atoms with E-state index in [9.17, 15) is 0 Å². The second-order valence-electron chi connectivity index (χ2n) is 6.78. The van der Waals surface area contributed by atoms with E-state index >= 15 is 0 Å². The lowest BCUT2D eigenvalue weighted by Gasteiger charge is -2.22. The van der Waals surface area contributed by atoms with Crippen molar-refractivity contribution < 1.29 is 14.2 Å². The van der Waals surface area contributed by atoms with Crippen molar-refractivity contribution in [3.63, 3.8) is 0 Å². The van der Waals surface area contributed by atoms with Gasteiger partial charge in [-0.05, 0) is 42.9 Å². The minimum absolute atomic E-state index is 0.282. The summed E-state index contributed by atoms with van der Waals surface area (Å²) >= 11 is 0. The van der Waals surface area contributed by atoms with Gasteiger partial charge in [0.05, 0.1) is 6.54 Å². The summed E-state index contributed by atoms with van der Waals surface area (Å²) in [4.78, 5) is 2.08. The largest absolute Gasteiger partial charge is 0.471 e. The minimum Gasteiger partial charge on any atom is -0.471 e. The van der Waals surface area contributed by atoms with Gasteiger partial charge in [0.15, 0.2) is 11.5 Å². The number of hydrogen-bond donors (Lipinski definition) is 1. The van der Waals surface area contributed by atoms with Crippen molar-refractivity contribution in [2.45, 2.75) is 6.61 Å². The molecule has 0 atom stereocenters. The number of nitrogens with zero attached hydrogens (tertiary/aromatic N) is 4. The molecule has 146 valence electrons. The van der Waals surface area contributed by atoms with Crippen LogP contribution in [0.1, 0.15) is 5.56 Å². The lowest BCUT2D eigenvalue weighted by Crippen LogP contribution is -2.39. The number of hydrogen-bond acceptors (Lipinski definition) is 8. The van der Waals surface area contributed by atoms with Crippen LogP contribution in [0.3, 0.4) is 0 Å². The van der Waals surface area contributed by atoms with E-state index in [4.69, 9.17) is 14.2 Å². The SMILES string of the molecule is CN(C)CCN1N=C(OCc2ccc(-c3ccc4c(c3)OCO4)cc2)C=NN1. The first-order chi connectivity index (χ1) is 13.7. The second-order valence-corrected chi connectivity index (χ2v) is 6.78. The van der Waals surface area contributed by atoms with Crippen molar-refractivity contribution in [2.75, 3.05) is 34.0 Å². The maximum absolute atomic E-state index is 5.78. The number of likely N-dealkylation sites (N-methyl/N-ethyl adjacent to an activating group) is 1. The van der Waals surface area contributed by atoms with Gasteiger partial charge < -0.3 is 19.1 Å². The van der Waals surface area contributed by atoms with Crippen LogP contribution in [0.5, 0.6) is 11.5 Å². The standard InChI is InChI=1S/C20H23N5O3/c1-24(2)9-10-25-22-20(12-21-23-25)26-13-15-3-5-16(6-4-15)17-7-8-18-19(11-17)28-14-27-18/h3-8,11-12,23H,9-10,13-14H2,1-2H3. The van der Waals surface area contributed by atoms with Gasteiger partial charge in [0, 0.05) is 6.54 Å². The third kappa shape index (κ3) is 4.34. The number of benzene rings is 2. The van der Waals surface area contributed by atoms with Gasteiger partial charge in [0.1, 0.15) is 12.8 Å². The fourth-order valence-corrected chi connectivity index (χ4v) is 2.81. The molecule has 8 heteroatoms. The van der Waals surface area contributed by atoms with Crippen LogP contribution in [0.2, 0.25) is 0 Å². The van der Waals surface area contributed by atoms with Crippen LogP contribution in [-0.4, -0.2) is 56.1 Å². The Kier molecular flexibility index (Phi) is 5.29. The molecule has 0 unspecified atom stereocenters. The third-order valence-corrected chi connectivity index (χ3v) is 4.37. The Morgan fingerprint density at radius 3 is 2.68 bits per heavy atom. The van der Waals surface area contributed by atoms with Gasteiger partial charge in [-0.3, -0.25) is 0 Å². The fourth-order valence-electron chi connectivity index (χ4n) is 2.81. The number of hydrazone groups is 2. The maximum atomic E-state index is 5.78. The molecule has 0 aromatic heterocycles. The summed E-state index contributed by atoms with van der Waals surface area (Å²) < 4.78 is 16.6. The van der Waals surface area contributed by atoms with E-state index in [1.54, 1.807) is 11.3 Å². The highest BCUT2D eigenvalue weighted by Crippen LogP contribution is 2.35. The zero-order valence-electron chi connectivity index (χ0n) is 16.0. The minimum atomic E-state index is 0.282. The highest BCUT2D eigenvalue weighted by molar-refractivity contribution is 6.26. The number of hydrazine groups is 1. The Bertz CT molecular complexity index is 880. The molecule has 2 heterocycles. The molecule has 28 heavy (non-hydrogen) atoms. The molecule has 2 aromatic rings. The van der Waals surface area contributed by atoms with E-state index in [1.807, 2.05) is 44.4 Å². The van der Waals surface area contributed by atoms with Crippen molar-refractivity contribution in [3.8, 4) is 22.6 Å². The monoisotopic (exact) mass is 381 g/mol. The molecule has 0 bridgehead atoms. The molecule has 0 spiro atoms. The predicted molar refractivity (Wildman–Crippen MR) is 107 cm³/mol. The normalized spacial score (nSPS) is 14.8. The first-order valence-electron chi connectivity index (χ1n) is 9.09. The Balaban J connectivity index is 1.35. The molecule has 0 radical (unpaired) electrons. The van der Waals surface area contributed by atoms with E-state index in [-0.39, 0.29) is 6.79 Å². The number of ether oxygens (including phenoxy) is 3. The van der Waals surface area contributed by atoms with Crippen LogP contribution in [0.4, 0.5) is 0 Å². The van der Waals surface area contributed by atoms with Crippen LogP contribution in [-0.2, 0) is 11.3 Å². The fraction of sp³-hybridized carbons (Fsp3) is 0.300. The maximum Gasteiger partial charge on any atom is 0.253 e. The highest BCUT2D eigenvalue weighted by atomic mass is 16.7. The predicted octanol–water partition coefficient (Wildman–Crippen LogP) is 2.28. The zero-order valence-corrected chi connectivity index (χ0v) is 16.0. The Morgan fingerprint density at radius 1 is 1.07 bits per heavy atom. The smallest absolute Gasteiger partial charge is 0.253 e. The van der Waals surface area contributed by atoms with Gasteiger partial charge in [0.25, 0.3) is 5.90 Å². The molecule has 0 aliphatic carbocycles. The molecule has 0 fully saturated rings. The molecule has 2 aromatic carbocycles. The lowest BCUT2D eigenvalue weighted by molar-refractivity contribution is 0.165. The number of fused-ring (bicyclic) bond motifs is 1. The van der Waals surface area contributed by atoms with Crippen LogP contribution >= 0.6 is 0 Å². The van der Waals surface area contributed by atoms with Crippen LogP contribution < -0.4 is 15.0 Å². The van der Waals surface area contributed by atoms with E-state index in [1.165, 1.54) is 0 Å². The topological polar surface area (TPSA) is 70.9 Å². The molecule has 0 saturated heterocycles. The Labute approximate surface area is 164 Å². The van der Waals surface area contributed by atoms with Gasteiger partial charge in [-0.15, -0.1) is 5.10 Å². The Hall–Kier alpha value is -3.26. The summed E-state index contributed by atoms with van der Waals surface area (Å²) in [5.74, 6) is 2.06. The lowest BCUT2D eigenvalue weighted by atomic mass is 10.0. The van der Waals surface area contributed by atoms with Crippen LogP contribution in [0.15, 0.2) is 52.7 Å². The molecular formula is C20H23N5O3. The quantitative estimate of drug-likeness (QED) is 0.828. The average Bonchev–Trinajstić information content (AvgIpc) is 3.19. The second kappa shape index (κ2) is 8.18. The summed E-state index contributed by atoms with van der Waals surface area (Å²) in [7, 11) is 4.03. The Morgan fingerprint density at radius 2 is 1.86 bits per heavy atom. The van der Waals surface area contributed by atoms with Gasteiger partial charge in [-0.25, -0.2) is 5.53 Å². The molecule has 4 rings (SSSR count). The zero-order chi connectivity index (χ0) is 19.3.